The molecule has 8 heteroatoms. The van der Waals surface area contributed by atoms with Crippen LogP contribution in [-0.2, 0) is 4.79 Å². The highest BCUT2D eigenvalue weighted by Crippen LogP contribution is 2.24. The van der Waals surface area contributed by atoms with Gasteiger partial charge in [-0.3, -0.25) is 19.7 Å². The lowest BCUT2D eigenvalue weighted by Gasteiger charge is -2.25. The number of carbonyl (C=O) groups is 2. The SMILES string of the molecule is CC(C)(CCC(=O)O)NC(=O)c1ccc([N+](=O)[O-])s1. The fourth-order valence-electron chi connectivity index (χ4n) is 1.40. The Morgan fingerprint density at radius 3 is 2.58 bits per heavy atom. The molecule has 0 bridgehead atoms. The van der Waals surface area contributed by atoms with Crippen molar-refractivity contribution in [2.24, 2.45) is 0 Å². The molecule has 0 saturated heterocycles. The van der Waals surface area contributed by atoms with E-state index in [1.807, 2.05) is 0 Å². The zero-order valence-corrected chi connectivity index (χ0v) is 11.3. The van der Waals surface area contributed by atoms with Gasteiger partial charge in [0.15, 0.2) is 0 Å². The van der Waals surface area contributed by atoms with Gasteiger partial charge in [-0.25, -0.2) is 0 Å². The number of nitrogens with one attached hydrogen (secondary N) is 1. The van der Waals surface area contributed by atoms with Gasteiger partial charge in [-0.05, 0) is 26.3 Å². The van der Waals surface area contributed by atoms with Crippen molar-refractivity contribution in [1.82, 2.24) is 5.32 Å². The molecule has 104 valence electrons. The van der Waals surface area contributed by atoms with Gasteiger partial charge >= 0.3 is 11.0 Å². The molecule has 0 aliphatic carbocycles. The predicted molar refractivity (Wildman–Crippen MR) is 69.4 cm³/mol. The van der Waals surface area contributed by atoms with Gasteiger partial charge in [-0.15, -0.1) is 0 Å². The zero-order chi connectivity index (χ0) is 14.6. The topological polar surface area (TPSA) is 110 Å². The number of hydrogen-bond donors (Lipinski definition) is 2. The maximum atomic E-state index is 11.9. The molecule has 0 spiro atoms. The largest absolute Gasteiger partial charge is 0.481 e. The van der Waals surface area contributed by atoms with Crippen molar-refractivity contribution in [2.45, 2.75) is 32.2 Å². The Morgan fingerprint density at radius 1 is 1.47 bits per heavy atom. The van der Waals surface area contributed by atoms with Crippen LogP contribution in [0, 0.1) is 10.1 Å². The van der Waals surface area contributed by atoms with Crippen LogP contribution < -0.4 is 5.32 Å². The number of thiophene rings is 1. The van der Waals surface area contributed by atoms with E-state index in [4.69, 9.17) is 5.11 Å². The van der Waals surface area contributed by atoms with Crippen LogP contribution in [-0.4, -0.2) is 27.4 Å². The Labute approximate surface area is 113 Å². The van der Waals surface area contributed by atoms with Gasteiger partial charge in [0, 0.05) is 18.0 Å². The van der Waals surface area contributed by atoms with Crippen LogP contribution in [0.1, 0.15) is 36.4 Å². The van der Waals surface area contributed by atoms with Gasteiger partial charge in [0.25, 0.3) is 5.91 Å². The third-order valence-electron chi connectivity index (χ3n) is 2.41. The summed E-state index contributed by atoms with van der Waals surface area (Å²) in [5, 5.41) is 21.7. The van der Waals surface area contributed by atoms with Crippen LogP contribution in [0.5, 0.6) is 0 Å². The highest BCUT2D eigenvalue weighted by molar-refractivity contribution is 7.17. The summed E-state index contributed by atoms with van der Waals surface area (Å²) in [6.45, 7) is 3.41. The van der Waals surface area contributed by atoms with Gasteiger partial charge in [0.2, 0.25) is 0 Å². The predicted octanol–water partition coefficient (Wildman–Crippen LogP) is 2.03. The van der Waals surface area contributed by atoms with Crippen LogP contribution in [0.3, 0.4) is 0 Å². The highest BCUT2D eigenvalue weighted by Gasteiger charge is 2.24. The van der Waals surface area contributed by atoms with E-state index < -0.39 is 22.3 Å². The maximum Gasteiger partial charge on any atom is 0.324 e. The number of carbonyl (C=O) groups excluding carboxylic acids is 1. The molecule has 0 radical (unpaired) electrons. The van der Waals surface area contributed by atoms with Crippen LogP contribution in [0.2, 0.25) is 0 Å². The second-order valence-electron chi connectivity index (χ2n) is 4.63. The molecule has 1 aromatic rings. The molecule has 1 heterocycles. The third-order valence-corrected chi connectivity index (χ3v) is 3.45. The molecule has 7 nitrogen and oxygen atoms in total. The molecule has 0 aliphatic heterocycles. The smallest absolute Gasteiger partial charge is 0.324 e. The fourth-order valence-corrected chi connectivity index (χ4v) is 2.11. The number of hydrogen-bond acceptors (Lipinski definition) is 5. The summed E-state index contributed by atoms with van der Waals surface area (Å²) >= 11 is 0.787. The normalized spacial score (nSPS) is 11.1. The molecule has 0 aromatic carbocycles. The third kappa shape index (κ3) is 4.66. The second-order valence-corrected chi connectivity index (χ2v) is 5.69. The lowest BCUT2D eigenvalue weighted by Crippen LogP contribution is -2.43. The standard InChI is InChI=1S/C11H14N2O5S/c1-11(2,6-5-9(14)15)12-10(16)7-3-4-8(19-7)13(17)18/h3-4H,5-6H2,1-2H3,(H,12,16)(H,14,15). The van der Waals surface area contributed by atoms with Crippen LogP contribution in [0.25, 0.3) is 0 Å². The van der Waals surface area contributed by atoms with Gasteiger partial charge in [-0.2, -0.15) is 0 Å². The summed E-state index contributed by atoms with van der Waals surface area (Å²) in [6.07, 6.45) is 0.222. The number of amides is 1. The molecular formula is C11H14N2O5S. The number of nitro groups is 1. The monoisotopic (exact) mass is 286 g/mol. The molecule has 1 rings (SSSR count). The van der Waals surface area contributed by atoms with E-state index in [1.165, 1.54) is 12.1 Å². The Morgan fingerprint density at radius 2 is 2.11 bits per heavy atom. The Hall–Kier alpha value is -1.96. The minimum atomic E-state index is -0.936. The van der Waals surface area contributed by atoms with Crippen molar-refractivity contribution in [3.63, 3.8) is 0 Å². The first-order valence-electron chi connectivity index (χ1n) is 5.50. The van der Waals surface area contributed by atoms with E-state index in [0.29, 0.717) is 0 Å². The van der Waals surface area contributed by atoms with Gasteiger partial charge in [0.1, 0.15) is 0 Å². The zero-order valence-electron chi connectivity index (χ0n) is 10.5. The molecule has 0 aliphatic rings. The van der Waals surface area contributed by atoms with Gasteiger partial charge in [0.05, 0.1) is 9.80 Å². The van der Waals surface area contributed by atoms with E-state index in [0.717, 1.165) is 11.3 Å². The molecule has 19 heavy (non-hydrogen) atoms. The van der Waals surface area contributed by atoms with Crippen molar-refractivity contribution < 1.29 is 19.6 Å². The summed E-state index contributed by atoms with van der Waals surface area (Å²) in [7, 11) is 0. The van der Waals surface area contributed by atoms with Crippen molar-refractivity contribution in [3.05, 3.63) is 27.1 Å². The van der Waals surface area contributed by atoms with Crippen LogP contribution >= 0.6 is 11.3 Å². The quantitative estimate of drug-likeness (QED) is 0.614. The summed E-state index contributed by atoms with van der Waals surface area (Å²) in [4.78, 5) is 32.6. The minimum Gasteiger partial charge on any atom is -0.481 e. The van der Waals surface area contributed by atoms with Crippen LogP contribution in [0.15, 0.2) is 12.1 Å². The van der Waals surface area contributed by atoms with E-state index in [9.17, 15) is 19.7 Å². The van der Waals surface area contributed by atoms with E-state index in [-0.39, 0.29) is 22.7 Å². The van der Waals surface area contributed by atoms with Crippen molar-refractivity contribution in [2.75, 3.05) is 0 Å². The number of rotatable bonds is 6. The molecule has 1 aromatic heterocycles. The van der Waals surface area contributed by atoms with E-state index >= 15 is 0 Å². The molecule has 2 N–H and O–H groups in total. The minimum absolute atomic E-state index is 0.0577. The number of carboxylic acids is 1. The molecule has 0 fully saturated rings. The van der Waals surface area contributed by atoms with E-state index in [1.54, 1.807) is 13.8 Å². The molecule has 0 atom stereocenters. The first-order valence-corrected chi connectivity index (χ1v) is 6.31. The summed E-state index contributed by atoms with van der Waals surface area (Å²) < 4.78 is 0. The summed E-state index contributed by atoms with van der Waals surface area (Å²) in [5.41, 5.74) is -0.686. The first-order chi connectivity index (χ1) is 8.71. The molecule has 0 unspecified atom stereocenters. The fraction of sp³-hybridized carbons (Fsp3) is 0.455. The van der Waals surface area contributed by atoms with Crippen molar-refractivity contribution >= 4 is 28.2 Å². The first kappa shape index (κ1) is 15.1. The van der Waals surface area contributed by atoms with Crippen molar-refractivity contribution in [3.8, 4) is 0 Å². The second kappa shape index (κ2) is 5.79. The van der Waals surface area contributed by atoms with Crippen LogP contribution in [0.4, 0.5) is 5.00 Å². The lowest BCUT2D eigenvalue weighted by atomic mass is 9.98. The number of aliphatic carboxylic acids is 1. The molecule has 0 saturated carbocycles. The van der Waals surface area contributed by atoms with Crippen molar-refractivity contribution in [1.29, 1.82) is 0 Å². The number of carboxylic acid groups (broad SMARTS) is 1. The average Bonchev–Trinajstić information content (AvgIpc) is 2.75. The summed E-state index contributed by atoms with van der Waals surface area (Å²) in [6, 6.07) is 2.65. The highest BCUT2D eigenvalue weighted by atomic mass is 32.1. The summed E-state index contributed by atoms with van der Waals surface area (Å²) in [5.74, 6) is -1.37. The Kier molecular flexibility index (Phi) is 4.60. The molecular weight excluding hydrogens is 272 g/mol. The maximum absolute atomic E-state index is 11.9. The van der Waals surface area contributed by atoms with E-state index in [2.05, 4.69) is 5.32 Å². The number of nitrogens with zero attached hydrogens (tertiary/aromatic N) is 1. The average molecular weight is 286 g/mol. The van der Waals surface area contributed by atoms with Gasteiger partial charge in [-0.1, -0.05) is 11.3 Å². The Balaban J connectivity index is 2.67. The Bertz CT molecular complexity index is 509. The molecule has 1 amide bonds. The lowest BCUT2D eigenvalue weighted by molar-refractivity contribution is -0.380. The van der Waals surface area contributed by atoms with Gasteiger partial charge < -0.3 is 10.4 Å².